The zero-order chi connectivity index (χ0) is 19.4. The highest BCUT2D eigenvalue weighted by Gasteiger charge is 2.71. The summed E-state index contributed by atoms with van der Waals surface area (Å²) >= 11 is 0. The second-order valence-electron chi connectivity index (χ2n) is 9.32. The predicted molar refractivity (Wildman–Crippen MR) is 93.1 cm³/mol. The van der Waals surface area contributed by atoms with E-state index < -0.39 is 16.8 Å². The molecule has 0 radical (unpaired) electrons. The summed E-state index contributed by atoms with van der Waals surface area (Å²) in [6.45, 7) is 5.78. The second kappa shape index (κ2) is 5.83. The van der Waals surface area contributed by atoms with Crippen molar-refractivity contribution in [3.05, 3.63) is 12.2 Å². The molecule has 0 spiro atoms. The average molecular weight is 364 g/mol. The average Bonchev–Trinajstić information content (AvgIpc) is 2.55. The van der Waals surface area contributed by atoms with Gasteiger partial charge in [-0.3, -0.25) is 9.59 Å². The van der Waals surface area contributed by atoms with Gasteiger partial charge in [0.1, 0.15) is 0 Å². The van der Waals surface area contributed by atoms with Crippen molar-refractivity contribution in [1.29, 1.82) is 0 Å². The van der Waals surface area contributed by atoms with Gasteiger partial charge in [0.2, 0.25) is 0 Å². The molecule has 0 aromatic carbocycles. The third kappa shape index (κ3) is 2.74. The van der Waals surface area contributed by atoms with Gasteiger partial charge in [0.05, 0.1) is 25.0 Å². The molecule has 1 N–H and O–H groups in total. The van der Waals surface area contributed by atoms with Crippen LogP contribution in [0.1, 0.15) is 58.3 Å². The first-order valence-corrected chi connectivity index (χ1v) is 9.11. The molecule has 2 unspecified atom stereocenters. The van der Waals surface area contributed by atoms with Crippen molar-refractivity contribution in [2.45, 2.75) is 58.3 Å². The van der Waals surface area contributed by atoms with Crippen LogP contribution >= 0.6 is 0 Å². The van der Waals surface area contributed by atoms with E-state index in [9.17, 15) is 14.4 Å². The molecule has 26 heavy (non-hydrogen) atoms. The van der Waals surface area contributed by atoms with E-state index in [4.69, 9.17) is 14.6 Å². The number of hydrogen-bond donors (Lipinski definition) is 1. The molecule has 4 bridgehead atoms. The standard InChI is InChI=1S/C20H28O6/c1-13(14(21)22)5-6-18-7-17(2)8-19(10-18,15(23)25-3)12-20(9-17,11-18)16(24)26-4/h1,5-12H2,2-4H3,(H,21,22). The largest absolute Gasteiger partial charge is 0.478 e. The summed E-state index contributed by atoms with van der Waals surface area (Å²) in [6.07, 6.45) is 5.06. The molecule has 2 atom stereocenters. The molecule has 0 amide bonds. The van der Waals surface area contributed by atoms with E-state index in [1.807, 2.05) is 0 Å². The first-order valence-electron chi connectivity index (χ1n) is 9.11. The fourth-order valence-electron chi connectivity index (χ4n) is 7.03. The number of carboxylic acid groups (broad SMARTS) is 1. The summed E-state index contributed by atoms with van der Waals surface area (Å²) in [7, 11) is 2.79. The van der Waals surface area contributed by atoms with Gasteiger partial charge in [-0.15, -0.1) is 0 Å². The highest BCUT2D eigenvalue weighted by Crippen LogP contribution is 2.75. The lowest BCUT2D eigenvalue weighted by Crippen LogP contribution is -2.64. The Morgan fingerprint density at radius 2 is 1.42 bits per heavy atom. The first-order chi connectivity index (χ1) is 12.0. The molecule has 0 aliphatic heterocycles. The summed E-state index contributed by atoms with van der Waals surface area (Å²) in [5.41, 5.74) is -1.61. The Balaban J connectivity index is 2.01. The number of esters is 2. The lowest BCUT2D eigenvalue weighted by molar-refractivity contribution is -0.223. The minimum absolute atomic E-state index is 0.151. The summed E-state index contributed by atoms with van der Waals surface area (Å²) < 4.78 is 10.3. The minimum Gasteiger partial charge on any atom is -0.478 e. The van der Waals surface area contributed by atoms with Crippen LogP contribution in [-0.4, -0.2) is 37.2 Å². The fraction of sp³-hybridized carbons (Fsp3) is 0.750. The van der Waals surface area contributed by atoms with Crippen molar-refractivity contribution in [2.75, 3.05) is 14.2 Å². The van der Waals surface area contributed by atoms with Gasteiger partial charge in [-0.1, -0.05) is 13.5 Å². The van der Waals surface area contributed by atoms with Crippen LogP contribution in [0.4, 0.5) is 0 Å². The summed E-state index contributed by atoms with van der Waals surface area (Å²) in [5.74, 6) is -1.50. The number of rotatable bonds is 6. The molecule has 6 heteroatoms. The van der Waals surface area contributed by atoms with Crippen molar-refractivity contribution in [3.63, 3.8) is 0 Å². The molecule has 0 aromatic heterocycles. The van der Waals surface area contributed by atoms with Crippen molar-refractivity contribution >= 4 is 17.9 Å². The Hall–Kier alpha value is -1.85. The van der Waals surface area contributed by atoms with Crippen LogP contribution in [0.2, 0.25) is 0 Å². The van der Waals surface area contributed by atoms with Gasteiger partial charge in [-0.25, -0.2) is 4.79 Å². The van der Waals surface area contributed by atoms with Crippen LogP contribution in [-0.2, 0) is 23.9 Å². The Morgan fingerprint density at radius 3 is 1.85 bits per heavy atom. The van der Waals surface area contributed by atoms with Crippen LogP contribution in [0.15, 0.2) is 12.2 Å². The molecule has 0 aromatic rings. The maximum Gasteiger partial charge on any atom is 0.330 e. The van der Waals surface area contributed by atoms with Gasteiger partial charge in [0.25, 0.3) is 0 Å². The highest BCUT2D eigenvalue weighted by atomic mass is 16.5. The Bertz CT molecular complexity index is 646. The molecular weight excluding hydrogens is 336 g/mol. The quantitative estimate of drug-likeness (QED) is 0.575. The summed E-state index contributed by atoms with van der Waals surface area (Å²) in [4.78, 5) is 36.7. The van der Waals surface area contributed by atoms with Crippen LogP contribution in [0.5, 0.6) is 0 Å². The van der Waals surface area contributed by atoms with Crippen molar-refractivity contribution in [3.8, 4) is 0 Å². The van der Waals surface area contributed by atoms with Gasteiger partial charge < -0.3 is 14.6 Å². The van der Waals surface area contributed by atoms with Gasteiger partial charge >= 0.3 is 17.9 Å². The maximum atomic E-state index is 12.8. The Kier molecular flexibility index (Phi) is 4.24. The zero-order valence-corrected chi connectivity index (χ0v) is 15.9. The minimum atomic E-state index is -0.994. The number of ether oxygens (including phenoxy) is 2. The van der Waals surface area contributed by atoms with Crippen LogP contribution < -0.4 is 0 Å². The SMILES string of the molecule is C=C(CCC12CC3(C)CC(C(=O)OC)(C1)CC(C(=O)OC)(C3)C2)C(=O)O. The Morgan fingerprint density at radius 1 is 0.923 bits per heavy atom. The van der Waals surface area contributed by atoms with E-state index in [0.29, 0.717) is 44.9 Å². The molecule has 4 aliphatic carbocycles. The van der Waals surface area contributed by atoms with Gasteiger partial charge in [0, 0.05) is 5.57 Å². The van der Waals surface area contributed by atoms with E-state index in [2.05, 4.69) is 13.5 Å². The van der Waals surface area contributed by atoms with Crippen LogP contribution in [0.25, 0.3) is 0 Å². The summed E-state index contributed by atoms with van der Waals surface area (Å²) in [6, 6.07) is 0. The molecule has 4 fully saturated rings. The van der Waals surface area contributed by atoms with Gasteiger partial charge in [-0.2, -0.15) is 0 Å². The molecule has 144 valence electrons. The monoisotopic (exact) mass is 364 g/mol. The number of aliphatic carboxylic acids is 1. The zero-order valence-electron chi connectivity index (χ0n) is 15.9. The number of hydrogen-bond acceptors (Lipinski definition) is 5. The second-order valence-corrected chi connectivity index (χ2v) is 9.32. The molecule has 0 heterocycles. The molecule has 4 saturated carbocycles. The van der Waals surface area contributed by atoms with Gasteiger partial charge in [-0.05, 0) is 62.2 Å². The summed E-state index contributed by atoms with van der Waals surface area (Å²) in [5, 5.41) is 9.15. The maximum absolute atomic E-state index is 12.8. The van der Waals surface area contributed by atoms with Crippen LogP contribution in [0, 0.1) is 21.7 Å². The number of carbonyl (C=O) groups is 3. The Labute approximate surface area is 153 Å². The molecule has 4 aliphatic rings. The molecule has 0 saturated heterocycles. The normalized spacial score (nSPS) is 40.1. The molecule has 4 rings (SSSR count). The van der Waals surface area contributed by atoms with Crippen molar-refractivity contribution in [1.82, 2.24) is 0 Å². The molecule has 6 nitrogen and oxygen atoms in total. The first kappa shape index (κ1) is 18.9. The lowest BCUT2D eigenvalue weighted by atomic mass is 9.35. The van der Waals surface area contributed by atoms with E-state index in [-0.39, 0.29) is 28.3 Å². The third-order valence-electron chi connectivity index (χ3n) is 6.93. The van der Waals surface area contributed by atoms with Crippen molar-refractivity contribution < 1.29 is 29.0 Å². The van der Waals surface area contributed by atoms with E-state index >= 15 is 0 Å². The lowest BCUT2D eigenvalue weighted by Gasteiger charge is -2.68. The predicted octanol–water partition coefficient (Wildman–Crippen LogP) is 3.10. The van der Waals surface area contributed by atoms with Crippen LogP contribution in [0.3, 0.4) is 0 Å². The topological polar surface area (TPSA) is 89.9 Å². The van der Waals surface area contributed by atoms with Crippen molar-refractivity contribution in [2.24, 2.45) is 21.7 Å². The molecular formula is C20H28O6. The van der Waals surface area contributed by atoms with E-state index in [0.717, 1.165) is 6.42 Å². The van der Waals surface area contributed by atoms with E-state index in [1.54, 1.807) is 0 Å². The van der Waals surface area contributed by atoms with Gasteiger partial charge in [0.15, 0.2) is 0 Å². The number of carbonyl (C=O) groups excluding carboxylic acids is 2. The number of carboxylic acids is 1. The smallest absolute Gasteiger partial charge is 0.330 e. The number of methoxy groups -OCH3 is 2. The fourth-order valence-corrected chi connectivity index (χ4v) is 7.03. The highest BCUT2D eigenvalue weighted by molar-refractivity contribution is 5.86. The van der Waals surface area contributed by atoms with E-state index in [1.165, 1.54) is 14.2 Å². The third-order valence-corrected chi connectivity index (χ3v) is 6.93.